The van der Waals surface area contributed by atoms with Gasteiger partial charge in [0.15, 0.2) is 0 Å². The molecule has 1 aromatic rings. The monoisotopic (exact) mass is 221 g/mol. The Kier molecular flexibility index (Phi) is 2.49. The van der Waals surface area contributed by atoms with E-state index >= 15 is 0 Å². The minimum Gasteiger partial charge on any atom is -0.282 e. The first-order valence-electron chi connectivity index (χ1n) is 3.24. The predicted molar refractivity (Wildman–Crippen MR) is 42.9 cm³/mol. The first kappa shape index (κ1) is 10.5. The number of nitrogens with zero attached hydrogens (tertiary/aromatic N) is 1. The fourth-order valence-corrected chi connectivity index (χ4v) is 1.42. The summed E-state index contributed by atoms with van der Waals surface area (Å²) in [6.45, 7) is 0. The first-order chi connectivity index (χ1) is 6.34. The summed E-state index contributed by atoms with van der Waals surface area (Å²) in [4.78, 5) is 8.01. The van der Waals surface area contributed by atoms with Crippen molar-refractivity contribution in [1.82, 2.24) is 0 Å². The maximum Gasteiger partial charge on any atom is 0.306 e. The van der Waals surface area contributed by atoms with Gasteiger partial charge >= 0.3 is 5.69 Å². The van der Waals surface area contributed by atoms with E-state index in [1.165, 1.54) is 0 Å². The molecular weight excluding hydrogens is 217 g/mol. The highest BCUT2D eigenvalue weighted by atomic mass is 32.2. The molecule has 0 radical (unpaired) electrons. The third-order valence-electron chi connectivity index (χ3n) is 1.42. The van der Waals surface area contributed by atoms with Crippen LogP contribution in [0.2, 0.25) is 0 Å². The maximum atomic E-state index is 13.0. The average Bonchev–Trinajstić information content (AvgIpc) is 2.01. The fourth-order valence-electron chi connectivity index (χ4n) is 0.839. The molecule has 6 nitrogen and oxygen atoms in total. The first-order valence-corrected chi connectivity index (χ1v) is 4.68. The van der Waals surface area contributed by atoms with E-state index in [0.717, 1.165) is 18.2 Å². The van der Waals surface area contributed by atoms with E-state index in [4.69, 9.17) is 4.55 Å². The summed E-state index contributed by atoms with van der Waals surface area (Å²) < 4.78 is 42.6. The molecule has 0 unspecified atom stereocenters. The lowest BCUT2D eigenvalue weighted by atomic mass is 10.3. The summed E-state index contributed by atoms with van der Waals surface area (Å²) in [7, 11) is -4.77. The van der Waals surface area contributed by atoms with Crippen LogP contribution in [0.15, 0.2) is 23.1 Å². The predicted octanol–water partition coefficient (Wildman–Crippen LogP) is 0.981. The van der Waals surface area contributed by atoms with Crippen molar-refractivity contribution in [3.8, 4) is 0 Å². The van der Waals surface area contributed by atoms with Gasteiger partial charge in [0.05, 0.1) is 4.92 Å². The molecule has 0 amide bonds. The maximum absolute atomic E-state index is 13.0. The highest BCUT2D eigenvalue weighted by Gasteiger charge is 2.24. The number of nitro groups is 1. The number of rotatable bonds is 2. The van der Waals surface area contributed by atoms with Crippen molar-refractivity contribution in [1.29, 1.82) is 0 Å². The Hall–Kier alpha value is -1.54. The molecule has 0 bridgehead atoms. The zero-order valence-electron chi connectivity index (χ0n) is 6.55. The van der Waals surface area contributed by atoms with Crippen molar-refractivity contribution in [3.63, 3.8) is 0 Å². The van der Waals surface area contributed by atoms with Gasteiger partial charge < -0.3 is 0 Å². The second-order valence-electron chi connectivity index (χ2n) is 2.32. The lowest BCUT2D eigenvalue weighted by Gasteiger charge is -1.98. The topological polar surface area (TPSA) is 97.5 Å². The second kappa shape index (κ2) is 3.31. The number of hydrogen-bond donors (Lipinski definition) is 1. The molecule has 0 fully saturated rings. The largest absolute Gasteiger partial charge is 0.306 e. The van der Waals surface area contributed by atoms with Crippen molar-refractivity contribution < 1.29 is 22.3 Å². The lowest BCUT2D eigenvalue weighted by molar-refractivity contribution is -0.387. The minimum atomic E-state index is -4.77. The fraction of sp³-hybridized carbons (Fsp3) is 0. The van der Waals surface area contributed by atoms with Gasteiger partial charge in [-0.05, 0) is 6.07 Å². The molecule has 76 valence electrons. The van der Waals surface area contributed by atoms with Crippen LogP contribution in [0.5, 0.6) is 0 Å². The van der Waals surface area contributed by atoms with Gasteiger partial charge in [-0.3, -0.25) is 14.7 Å². The van der Waals surface area contributed by atoms with E-state index < -0.39 is 31.4 Å². The molecule has 14 heavy (non-hydrogen) atoms. The van der Waals surface area contributed by atoms with Crippen molar-refractivity contribution >= 4 is 15.8 Å². The summed E-state index contributed by atoms with van der Waals surface area (Å²) in [5, 5.41) is 10.2. The van der Waals surface area contributed by atoms with E-state index in [2.05, 4.69) is 0 Å². The van der Waals surface area contributed by atoms with Crippen LogP contribution in [-0.4, -0.2) is 17.9 Å². The summed E-state index contributed by atoms with van der Waals surface area (Å²) >= 11 is 0. The third-order valence-corrected chi connectivity index (χ3v) is 2.29. The van der Waals surface area contributed by atoms with Crippen molar-refractivity contribution in [3.05, 3.63) is 34.1 Å². The lowest BCUT2D eigenvalue weighted by Crippen LogP contribution is -2.04. The van der Waals surface area contributed by atoms with Gasteiger partial charge in [-0.25, -0.2) is 0 Å². The molecule has 8 heteroatoms. The van der Waals surface area contributed by atoms with Gasteiger partial charge in [0.2, 0.25) is 5.82 Å². The van der Waals surface area contributed by atoms with E-state index in [0.29, 0.717) is 0 Å². The molecule has 0 aromatic heterocycles. The number of halogens is 1. The molecule has 0 saturated heterocycles. The quantitative estimate of drug-likeness (QED) is 0.456. The SMILES string of the molecule is O=[N+]([O-])c1cccc(S(=O)(=O)O)c1F. The molecule has 0 aliphatic rings. The normalized spacial score (nSPS) is 11.3. The summed E-state index contributed by atoms with van der Waals surface area (Å²) in [5.74, 6) is -1.57. The van der Waals surface area contributed by atoms with Crippen LogP contribution < -0.4 is 0 Å². The average molecular weight is 221 g/mol. The Morgan fingerprint density at radius 3 is 2.43 bits per heavy atom. The van der Waals surface area contributed by atoms with Crippen molar-refractivity contribution in [2.75, 3.05) is 0 Å². The van der Waals surface area contributed by atoms with Crippen LogP contribution in [0.4, 0.5) is 10.1 Å². The van der Waals surface area contributed by atoms with Crippen molar-refractivity contribution in [2.45, 2.75) is 4.90 Å². The van der Waals surface area contributed by atoms with Crippen LogP contribution in [0.1, 0.15) is 0 Å². The Morgan fingerprint density at radius 2 is 2.00 bits per heavy atom. The van der Waals surface area contributed by atoms with Gasteiger partial charge in [0.25, 0.3) is 10.1 Å². The Morgan fingerprint density at radius 1 is 1.43 bits per heavy atom. The Labute approximate surface area is 77.9 Å². The zero-order valence-corrected chi connectivity index (χ0v) is 7.36. The number of hydrogen-bond acceptors (Lipinski definition) is 4. The smallest absolute Gasteiger partial charge is 0.282 e. The standard InChI is InChI=1S/C6H4FNO5S/c7-6-4(8(9)10)2-1-3-5(6)14(11,12)13/h1-3H,(H,11,12,13). The molecule has 1 aromatic carbocycles. The third kappa shape index (κ3) is 1.86. The van der Waals surface area contributed by atoms with Crippen LogP contribution in [0.3, 0.4) is 0 Å². The van der Waals surface area contributed by atoms with Crippen LogP contribution in [0, 0.1) is 15.9 Å². The van der Waals surface area contributed by atoms with Gasteiger partial charge in [0.1, 0.15) is 4.90 Å². The summed E-state index contributed by atoms with van der Waals surface area (Å²) in [5.41, 5.74) is -1.000. The van der Waals surface area contributed by atoms with Crippen molar-refractivity contribution in [2.24, 2.45) is 0 Å². The highest BCUT2D eigenvalue weighted by Crippen LogP contribution is 2.23. The molecule has 0 heterocycles. The highest BCUT2D eigenvalue weighted by molar-refractivity contribution is 7.85. The van der Waals surface area contributed by atoms with Gasteiger partial charge in [-0.2, -0.15) is 12.8 Å². The zero-order chi connectivity index (χ0) is 10.9. The number of nitro benzene ring substituents is 1. The van der Waals surface area contributed by atoms with Gasteiger partial charge in [-0.15, -0.1) is 0 Å². The van der Waals surface area contributed by atoms with Crippen LogP contribution >= 0.6 is 0 Å². The molecule has 0 aliphatic heterocycles. The van der Waals surface area contributed by atoms with Gasteiger partial charge in [0, 0.05) is 6.07 Å². The van der Waals surface area contributed by atoms with E-state index in [1.807, 2.05) is 0 Å². The molecule has 0 atom stereocenters. The minimum absolute atomic E-state index is 0.734. The Bertz CT molecular complexity index is 483. The summed E-state index contributed by atoms with van der Waals surface area (Å²) in [6.07, 6.45) is 0. The Balaban J connectivity index is 3.51. The van der Waals surface area contributed by atoms with E-state index in [-0.39, 0.29) is 0 Å². The van der Waals surface area contributed by atoms with Gasteiger partial charge in [-0.1, -0.05) is 6.07 Å². The van der Waals surface area contributed by atoms with Crippen LogP contribution in [0.25, 0.3) is 0 Å². The number of benzene rings is 1. The molecule has 0 aliphatic carbocycles. The summed E-state index contributed by atoms with van der Waals surface area (Å²) in [6, 6.07) is 2.49. The molecule has 0 spiro atoms. The molecular formula is C6H4FNO5S. The van der Waals surface area contributed by atoms with E-state index in [1.54, 1.807) is 0 Å². The van der Waals surface area contributed by atoms with E-state index in [9.17, 15) is 22.9 Å². The molecule has 1 rings (SSSR count). The molecule has 0 saturated carbocycles. The second-order valence-corrected chi connectivity index (χ2v) is 3.71. The van der Waals surface area contributed by atoms with Crippen LogP contribution in [-0.2, 0) is 10.1 Å². The molecule has 1 N–H and O–H groups in total.